The van der Waals surface area contributed by atoms with Gasteiger partial charge in [0.05, 0.1) is 0 Å². The molecule has 0 aliphatic rings. The minimum absolute atomic E-state index is 0. The topological polar surface area (TPSA) is 54.2 Å². The SMILES string of the molecule is CN=C(NCCCn1cccn1)NCCC(C)c1ccccc1.I. The standard InChI is InChI=1S/C18H27N5.HI/c1-16(17-8-4-3-5-9-17)10-13-21-18(19-2)20-11-6-14-23-15-7-12-22-23;/h3-5,7-9,12,15-16H,6,10-11,13-14H2,1-2H3,(H2,19,20,21);1H. The number of aromatic nitrogens is 2. The molecule has 6 heteroatoms. The number of aryl methyl sites for hydroxylation is 1. The zero-order chi connectivity index (χ0) is 16.3. The molecule has 1 aromatic heterocycles. The molecule has 1 unspecified atom stereocenters. The van der Waals surface area contributed by atoms with Crippen molar-refractivity contribution in [2.45, 2.75) is 32.2 Å². The average Bonchev–Trinajstić information content (AvgIpc) is 3.11. The normalized spacial score (nSPS) is 12.3. The molecule has 0 saturated heterocycles. The van der Waals surface area contributed by atoms with E-state index in [1.807, 2.05) is 30.2 Å². The molecule has 0 amide bonds. The van der Waals surface area contributed by atoms with Crippen LogP contribution in [0.2, 0.25) is 0 Å². The van der Waals surface area contributed by atoms with Gasteiger partial charge in [0.1, 0.15) is 0 Å². The summed E-state index contributed by atoms with van der Waals surface area (Å²) in [6, 6.07) is 12.6. The Balaban J connectivity index is 0.00000288. The molecule has 0 saturated carbocycles. The van der Waals surface area contributed by atoms with Gasteiger partial charge in [-0.2, -0.15) is 5.10 Å². The molecule has 0 aliphatic carbocycles. The summed E-state index contributed by atoms with van der Waals surface area (Å²) in [5.41, 5.74) is 1.39. The number of nitrogens with zero attached hydrogens (tertiary/aromatic N) is 3. The van der Waals surface area contributed by atoms with Crippen LogP contribution in [0.15, 0.2) is 53.8 Å². The second kappa shape index (κ2) is 11.9. The van der Waals surface area contributed by atoms with Gasteiger partial charge in [-0.1, -0.05) is 37.3 Å². The number of benzene rings is 1. The molecule has 24 heavy (non-hydrogen) atoms. The first-order chi connectivity index (χ1) is 11.3. The summed E-state index contributed by atoms with van der Waals surface area (Å²) in [6.45, 7) is 4.97. The Hall–Kier alpha value is -1.57. The van der Waals surface area contributed by atoms with E-state index in [9.17, 15) is 0 Å². The maximum Gasteiger partial charge on any atom is 0.190 e. The van der Waals surface area contributed by atoms with Gasteiger partial charge in [-0.25, -0.2) is 0 Å². The monoisotopic (exact) mass is 441 g/mol. The molecule has 2 rings (SSSR count). The number of halogens is 1. The minimum atomic E-state index is 0. The van der Waals surface area contributed by atoms with E-state index in [0.717, 1.165) is 38.4 Å². The predicted octanol–water partition coefficient (Wildman–Crippen LogP) is 3.25. The second-order valence-electron chi connectivity index (χ2n) is 5.65. The minimum Gasteiger partial charge on any atom is -0.356 e. The zero-order valence-corrected chi connectivity index (χ0v) is 16.8. The Morgan fingerprint density at radius 2 is 1.92 bits per heavy atom. The Kier molecular flexibility index (Phi) is 10.1. The molecular weight excluding hydrogens is 413 g/mol. The van der Waals surface area contributed by atoms with Gasteiger partial charge < -0.3 is 10.6 Å². The fourth-order valence-corrected chi connectivity index (χ4v) is 2.46. The zero-order valence-electron chi connectivity index (χ0n) is 14.5. The fraction of sp³-hybridized carbons (Fsp3) is 0.444. The molecule has 0 spiro atoms. The number of rotatable bonds is 8. The first kappa shape index (κ1) is 20.5. The third kappa shape index (κ3) is 7.33. The van der Waals surface area contributed by atoms with E-state index in [4.69, 9.17) is 0 Å². The lowest BCUT2D eigenvalue weighted by Gasteiger charge is -2.15. The molecule has 1 atom stereocenters. The number of nitrogens with one attached hydrogen (secondary N) is 2. The summed E-state index contributed by atoms with van der Waals surface area (Å²) in [4.78, 5) is 4.26. The molecule has 0 aliphatic heterocycles. The van der Waals surface area contributed by atoms with Crippen molar-refractivity contribution < 1.29 is 0 Å². The molecule has 132 valence electrons. The summed E-state index contributed by atoms with van der Waals surface area (Å²) in [6.07, 6.45) is 5.89. The van der Waals surface area contributed by atoms with Crippen LogP contribution in [-0.4, -0.2) is 35.9 Å². The van der Waals surface area contributed by atoms with Crippen molar-refractivity contribution in [3.05, 3.63) is 54.4 Å². The van der Waals surface area contributed by atoms with E-state index in [2.05, 4.69) is 58.0 Å². The Labute approximate surface area is 162 Å². The lowest BCUT2D eigenvalue weighted by atomic mass is 9.98. The van der Waals surface area contributed by atoms with Crippen molar-refractivity contribution in [1.29, 1.82) is 0 Å². The van der Waals surface area contributed by atoms with Crippen LogP contribution in [0.4, 0.5) is 0 Å². The van der Waals surface area contributed by atoms with Gasteiger partial charge in [-0.3, -0.25) is 9.67 Å². The van der Waals surface area contributed by atoms with Gasteiger partial charge >= 0.3 is 0 Å². The molecule has 1 aromatic carbocycles. The van der Waals surface area contributed by atoms with Gasteiger partial charge in [-0.15, -0.1) is 24.0 Å². The number of hydrogen-bond donors (Lipinski definition) is 2. The van der Waals surface area contributed by atoms with E-state index < -0.39 is 0 Å². The van der Waals surface area contributed by atoms with E-state index in [-0.39, 0.29) is 24.0 Å². The highest BCUT2D eigenvalue weighted by Crippen LogP contribution is 2.17. The van der Waals surface area contributed by atoms with Crippen LogP contribution in [0.5, 0.6) is 0 Å². The predicted molar refractivity (Wildman–Crippen MR) is 111 cm³/mol. The van der Waals surface area contributed by atoms with Crippen LogP contribution in [0.3, 0.4) is 0 Å². The van der Waals surface area contributed by atoms with Crippen LogP contribution in [0, 0.1) is 0 Å². The van der Waals surface area contributed by atoms with E-state index in [1.165, 1.54) is 5.56 Å². The molecule has 2 aromatic rings. The van der Waals surface area contributed by atoms with E-state index >= 15 is 0 Å². The lowest BCUT2D eigenvalue weighted by Crippen LogP contribution is -2.38. The summed E-state index contributed by atoms with van der Waals surface area (Å²) >= 11 is 0. The van der Waals surface area contributed by atoms with Crippen molar-refractivity contribution in [3.8, 4) is 0 Å². The van der Waals surface area contributed by atoms with Crippen molar-refractivity contribution in [3.63, 3.8) is 0 Å². The van der Waals surface area contributed by atoms with Gasteiger partial charge in [0.15, 0.2) is 5.96 Å². The number of guanidine groups is 1. The third-order valence-corrected chi connectivity index (χ3v) is 3.88. The van der Waals surface area contributed by atoms with Crippen LogP contribution in [0.25, 0.3) is 0 Å². The van der Waals surface area contributed by atoms with Crippen molar-refractivity contribution in [1.82, 2.24) is 20.4 Å². The fourth-order valence-electron chi connectivity index (χ4n) is 2.46. The average molecular weight is 441 g/mol. The molecular formula is C18H28IN5. The second-order valence-corrected chi connectivity index (χ2v) is 5.65. The van der Waals surface area contributed by atoms with Gasteiger partial charge in [0, 0.05) is 39.1 Å². The summed E-state index contributed by atoms with van der Waals surface area (Å²) in [5, 5.41) is 10.9. The lowest BCUT2D eigenvalue weighted by molar-refractivity contribution is 0.568. The van der Waals surface area contributed by atoms with Crippen molar-refractivity contribution >= 4 is 29.9 Å². The highest BCUT2D eigenvalue weighted by Gasteiger charge is 2.05. The van der Waals surface area contributed by atoms with Crippen molar-refractivity contribution in [2.75, 3.05) is 20.1 Å². The molecule has 0 bridgehead atoms. The maximum absolute atomic E-state index is 4.26. The Bertz CT molecular complexity index is 568. The highest BCUT2D eigenvalue weighted by molar-refractivity contribution is 14.0. The smallest absolute Gasteiger partial charge is 0.190 e. The Morgan fingerprint density at radius 1 is 1.17 bits per heavy atom. The molecule has 5 nitrogen and oxygen atoms in total. The van der Waals surface area contributed by atoms with Crippen molar-refractivity contribution in [2.24, 2.45) is 4.99 Å². The first-order valence-corrected chi connectivity index (χ1v) is 8.26. The largest absolute Gasteiger partial charge is 0.356 e. The van der Waals surface area contributed by atoms with Crippen LogP contribution < -0.4 is 10.6 Å². The number of aliphatic imine (C=N–C) groups is 1. The molecule has 0 fully saturated rings. The van der Waals surface area contributed by atoms with E-state index in [1.54, 1.807) is 0 Å². The van der Waals surface area contributed by atoms with Gasteiger partial charge in [-0.05, 0) is 30.4 Å². The van der Waals surface area contributed by atoms with Crippen LogP contribution >= 0.6 is 24.0 Å². The summed E-state index contributed by atoms with van der Waals surface area (Å²) in [7, 11) is 1.81. The summed E-state index contributed by atoms with van der Waals surface area (Å²) < 4.78 is 1.94. The first-order valence-electron chi connectivity index (χ1n) is 8.26. The quantitative estimate of drug-likeness (QED) is 0.286. The van der Waals surface area contributed by atoms with E-state index in [0.29, 0.717) is 5.92 Å². The third-order valence-electron chi connectivity index (χ3n) is 3.88. The summed E-state index contributed by atoms with van der Waals surface area (Å²) in [5.74, 6) is 1.41. The molecule has 2 N–H and O–H groups in total. The van der Waals surface area contributed by atoms with Gasteiger partial charge in [0.25, 0.3) is 0 Å². The maximum atomic E-state index is 4.26. The molecule has 1 heterocycles. The Morgan fingerprint density at radius 3 is 2.58 bits per heavy atom. The van der Waals surface area contributed by atoms with Gasteiger partial charge in [0.2, 0.25) is 0 Å². The van der Waals surface area contributed by atoms with Crippen LogP contribution in [-0.2, 0) is 6.54 Å². The molecule has 0 radical (unpaired) electrons. The van der Waals surface area contributed by atoms with Crippen LogP contribution in [0.1, 0.15) is 31.2 Å². The number of hydrogen-bond acceptors (Lipinski definition) is 2. The highest BCUT2D eigenvalue weighted by atomic mass is 127.